The van der Waals surface area contributed by atoms with Gasteiger partial charge in [0.25, 0.3) is 5.91 Å². The number of nitrogens with zero attached hydrogens (tertiary/aromatic N) is 1. The standard InChI is InChI=1S/C26H40N2O6/c1-15(29)22(23(31)32)27-21(30)14-34-28-17-7-10-24(2)16(13-17)5-6-18-19(24)8-11-25(3)20(18)9-12-26(25,4)33/h13,15,18-20,22,29,33H,5-12,14H2,1-4H3,(H,27,30)(H,31,32)/t15-,18-,19+,20+,22-,24+,25+,26+/m1/s1. The number of carbonyl (C=O) groups is 2. The fraction of sp³-hybridized carbons (Fsp3) is 0.808. The Balaban J connectivity index is 1.40. The Hall–Kier alpha value is -1.93. The average Bonchev–Trinajstić information content (AvgIpc) is 3.00. The van der Waals surface area contributed by atoms with E-state index in [1.807, 2.05) is 6.92 Å². The van der Waals surface area contributed by atoms with Crippen molar-refractivity contribution < 1.29 is 29.7 Å². The maximum absolute atomic E-state index is 12.0. The lowest BCUT2D eigenvalue weighted by atomic mass is 9.46. The van der Waals surface area contributed by atoms with E-state index in [2.05, 4.69) is 30.4 Å². The molecule has 190 valence electrons. The number of aliphatic hydroxyl groups excluding tert-OH is 1. The molecule has 0 heterocycles. The van der Waals surface area contributed by atoms with Gasteiger partial charge in [0, 0.05) is 0 Å². The van der Waals surface area contributed by atoms with Gasteiger partial charge in [-0.25, -0.2) is 4.79 Å². The molecular formula is C26H40N2O6. The van der Waals surface area contributed by atoms with Crippen LogP contribution in [0.3, 0.4) is 0 Å². The maximum atomic E-state index is 12.0. The number of carbonyl (C=O) groups excluding carboxylic acids is 1. The van der Waals surface area contributed by atoms with Crippen LogP contribution in [0.1, 0.15) is 79.1 Å². The zero-order valence-electron chi connectivity index (χ0n) is 20.8. The summed E-state index contributed by atoms with van der Waals surface area (Å²) in [5.41, 5.74) is 1.83. The van der Waals surface area contributed by atoms with Gasteiger partial charge in [0.05, 0.1) is 17.4 Å². The lowest BCUT2D eigenvalue weighted by Gasteiger charge is -2.59. The quantitative estimate of drug-likeness (QED) is 0.436. The Morgan fingerprint density at radius 2 is 1.85 bits per heavy atom. The van der Waals surface area contributed by atoms with E-state index in [9.17, 15) is 19.8 Å². The molecule has 0 bridgehead atoms. The number of fused-ring (bicyclic) bond motifs is 5. The molecule has 4 aliphatic rings. The second kappa shape index (κ2) is 8.94. The summed E-state index contributed by atoms with van der Waals surface area (Å²) in [5.74, 6) is -0.0617. The van der Waals surface area contributed by atoms with Gasteiger partial charge >= 0.3 is 5.97 Å². The number of hydrogen-bond donors (Lipinski definition) is 4. The predicted molar refractivity (Wildman–Crippen MR) is 127 cm³/mol. The number of nitrogens with one attached hydrogen (secondary N) is 1. The summed E-state index contributed by atoms with van der Waals surface area (Å²) in [7, 11) is 0. The molecule has 0 radical (unpaired) electrons. The number of hydrogen-bond acceptors (Lipinski definition) is 6. The van der Waals surface area contributed by atoms with Gasteiger partial charge in [-0.2, -0.15) is 0 Å². The molecular weight excluding hydrogens is 436 g/mol. The van der Waals surface area contributed by atoms with Crippen molar-refractivity contribution in [1.82, 2.24) is 5.32 Å². The van der Waals surface area contributed by atoms with Crippen LogP contribution in [0.4, 0.5) is 0 Å². The molecule has 0 aromatic heterocycles. The van der Waals surface area contributed by atoms with Crippen LogP contribution in [-0.2, 0) is 14.4 Å². The van der Waals surface area contributed by atoms with Gasteiger partial charge in [0.1, 0.15) is 0 Å². The van der Waals surface area contributed by atoms with E-state index in [1.54, 1.807) is 0 Å². The first kappa shape index (κ1) is 25.2. The van der Waals surface area contributed by atoms with Gasteiger partial charge < -0.3 is 25.5 Å². The van der Waals surface area contributed by atoms with Crippen molar-refractivity contribution in [3.8, 4) is 0 Å². The van der Waals surface area contributed by atoms with Crippen molar-refractivity contribution in [3.05, 3.63) is 11.6 Å². The van der Waals surface area contributed by atoms with Crippen LogP contribution in [0.15, 0.2) is 16.8 Å². The van der Waals surface area contributed by atoms with Crippen molar-refractivity contribution in [2.45, 2.75) is 96.8 Å². The van der Waals surface area contributed by atoms with Crippen molar-refractivity contribution in [3.63, 3.8) is 0 Å². The highest BCUT2D eigenvalue weighted by molar-refractivity contribution is 5.96. The van der Waals surface area contributed by atoms with Crippen LogP contribution >= 0.6 is 0 Å². The Bertz CT molecular complexity index is 896. The minimum atomic E-state index is -1.38. The van der Waals surface area contributed by atoms with Crippen molar-refractivity contribution in [2.24, 2.45) is 33.7 Å². The van der Waals surface area contributed by atoms with E-state index >= 15 is 0 Å². The molecule has 0 spiro atoms. The van der Waals surface area contributed by atoms with Crippen molar-refractivity contribution in [1.29, 1.82) is 0 Å². The van der Waals surface area contributed by atoms with E-state index in [4.69, 9.17) is 9.94 Å². The topological polar surface area (TPSA) is 128 Å². The van der Waals surface area contributed by atoms with E-state index in [1.165, 1.54) is 12.5 Å². The number of carboxylic acid groups (broad SMARTS) is 1. The summed E-state index contributed by atoms with van der Waals surface area (Å²) in [6.07, 6.45) is 9.14. The average molecular weight is 477 g/mol. The van der Waals surface area contributed by atoms with E-state index in [0.29, 0.717) is 17.8 Å². The molecule has 3 saturated carbocycles. The lowest BCUT2D eigenvalue weighted by molar-refractivity contribution is -0.145. The molecule has 0 aromatic carbocycles. The molecule has 4 N–H and O–H groups in total. The van der Waals surface area contributed by atoms with Gasteiger partial charge in [0.2, 0.25) is 0 Å². The minimum absolute atomic E-state index is 0.0227. The van der Waals surface area contributed by atoms with Gasteiger partial charge in [-0.3, -0.25) is 4.79 Å². The molecule has 4 aliphatic carbocycles. The molecule has 0 aromatic rings. The normalized spacial score (nSPS) is 42.0. The molecule has 8 heteroatoms. The van der Waals surface area contributed by atoms with E-state index < -0.39 is 36.2 Å². The highest BCUT2D eigenvalue weighted by Crippen LogP contribution is 2.67. The number of rotatable bonds is 6. The third kappa shape index (κ3) is 4.17. The van der Waals surface area contributed by atoms with Crippen LogP contribution < -0.4 is 5.32 Å². The first-order valence-electron chi connectivity index (χ1n) is 12.7. The monoisotopic (exact) mass is 476 g/mol. The summed E-state index contributed by atoms with van der Waals surface area (Å²) in [4.78, 5) is 28.3. The second-order valence-electron chi connectivity index (χ2n) is 11.8. The van der Waals surface area contributed by atoms with Gasteiger partial charge in [-0.15, -0.1) is 0 Å². The van der Waals surface area contributed by atoms with Crippen LogP contribution in [-0.4, -0.2) is 57.3 Å². The first-order valence-corrected chi connectivity index (χ1v) is 12.7. The number of amides is 1. The largest absolute Gasteiger partial charge is 0.480 e. The molecule has 1 amide bonds. The molecule has 0 aliphatic heterocycles. The smallest absolute Gasteiger partial charge is 0.328 e. The number of oxime groups is 1. The third-order valence-corrected chi connectivity index (χ3v) is 9.98. The first-order chi connectivity index (χ1) is 15.9. The molecule has 0 unspecified atom stereocenters. The van der Waals surface area contributed by atoms with Crippen LogP contribution in [0.5, 0.6) is 0 Å². The van der Waals surface area contributed by atoms with Crippen LogP contribution in [0, 0.1) is 28.6 Å². The predicted octanol–water partition coefficient (Wildman–Crippen LogP) is 3.02. The fourth-order valence-corrected chi connectivity index (χ4v) is 7.66. The molecule has 3 fully saturated rings. The Kier molecular flexibility index (Phi) is 6.62. The summed E-state index contributed by atoms with van der Waals surface area (Å²) in [6.45, 7) is 7.67. The number of carboxylic acids is 1. The van der Waals surface area contributed by atoms with E-state index in [-0.39, 0.29) is 10.8 Å². The third-order valence-electron chi connectivity index (χ3n) is 9.98. The van der Waals surface area contributed by atoms with Crippen LogP contribution in [0.2, 0.25) is 0 Å². The van der Waals surface area contributed by atoms with Crippen molar-refractivity contribution >= 4 is 17.6 Å². The molecule has 0 saturated heterocycles. The van der Waals surface area contributed by atoms with Gasteiger partial charge in [-0.05, 0) is 99.9 Å². The molecule has 4 rings (SSSR count). The molecule has 8 nitrogen and oxygen atoms in total. The highest BCUT2D eigenvalue weighted by Gasteiger charge is 2.62. The second-order valence-corrected chi connectivity index (χ2v) is 11.8. The number of allylic oxidation sites excluding steroid dienone is 2. The number of aliphatic hydroxyl groups is 2. The zero-order chi connectivity index (χ0) is 24.9. The SMILES string of the molecule is C[C@@H](O)[C@@H](NC(=O)CON=C1C=C2CC[C@@H]3[C@H](CC[C@@]4(C)[C@H]3CC[C@]4(C)O)[C@@]2(C)CC1)C(=O)O. The molecule has 8 atom stereocenters. The summed E-state index contributed by atoms with van der Waals surface area (Å²) < 4.78 is 0. The van der Waals surface area contributed by atoms with Crippen molar-refractivity contribution in [2.75, 3.05) is 6.61 Å². The summed E-state index contributed by atoms with van der Waals surface area (Å²) in [6, 6.07) is -1.38. The Morgan fingerprint density at radius 1 is 1.15 bits per heavy atom. The number of aliphatic carboxylic acids is 1. The van der Waals surface area contributed by atoms with Crippen LogP contribution in [0.25, 0.3) is 0 Å². The summed E-state index contributed by atoms with van der Waals surface area (Å²) in [5, 5.41) is 36.0. The fourth-order valence-electron chi connectivity index (χ4n) is 7.66. The Morgan fingerprint density at radius 3 is 2.53 bits per heavy atom. The maximum Gasteiger partial charge on any atom is 0.328 e. The Labute approximate surface area is 201 Å². The summed E-state index contributed by atoms with van der Waals surface area (Å²) >= 11 is 0. The lowest BCUT2D eigenvalue weighted by Crippen LogP contribution is -2.53. The molecule has 34 heavy (non-hydrogen) atoms. The van der Waals surface area contributed by atoms with Gasteiger partial charge in [-0.1, -0.05) is 24.6 Å². The van der Waals surface area contributed by atoms with Gasteiger partial charge in [0.15, 0.2) is 12.6 Å². The van der Waals surface area contributed by atoms with E-state index in [0.717, 1.165) is 57.1 Å². The zero-order valence-corrected chi connectivity index (χ0v) is 20.8. The highest BCUT2D eigenvalue weighted by atomic mass is 16.6. The minimum Gasteiger partial charge on any atom is -0.480 e.